The van der Waals surface area contributed by atoms with Crippen LogP contribution in [0.25, 0.3) is 0 Å². The molecule has 0 fully saturated rings. The highest BCUT2D eigenvalue weighted by Gasteiger charge is 2.39. The van der Waals surface area contributed by atoms with Crippen LogP contribution in [0.15, 0.2) is 18.2 Å². The Kier molecular flexibility index (Phi) is 4.92. The van der Waals surface area contributed by atoms with Crippen molar-refractivity contribution in [1.29, 1.82) is 0 Å². The number of carbonyl (C=O) groups is 1. The minimum absolute atomic E-state index is 0.0836. The highest BCUT2D eigenvalue weighted by molar-refractivity contribution is 5.81. The zero-order chi connectivity index (χ0) is 14.6. The fourth-order valence-corrected chi connectivity index (χ4v) is 2.48. The average molecular weight is 268 g/mol. The molecule has 1 aromatic carbocycles. The largest absolute Gasteiger partial charge is 0.494 e. The highest BCUT2D eigenvalue weighted by atomic mass is 19.1. The van der Waals surface area contributed by atoms with Crippen LogP contribution in [0.3, 0.4) is 0 Å². The van der Waals surface area contributed by atoms with Crippen LogP contribution < -0.4 is 4.74 Å². The summed E-state index contributed by atoms with van der Waals surface area (Å²) in [5.41, 5.74) is -0.399. The number of carboxylic acid groups (broad SMARTS) is 1. The van der Waals surface area contributed by atoms with Gasteiger partial charge in [-0.3, -0.25) is 4.79 Å². The van der Waals surface area contributed by atoms with Crippen LogP contribution in [-0.4, -0.2) is 18.2 Å². The van der Waals surface area contributed by atoms with Gasteiger partial charge in [-0.1, -0.05) is 26.8 Å². The van der Waals surface area contributed by atoms with Gasteiger partial charge in [0.15, 0.2) is 11.6 Å². The summed E-state index contributed by atoms with van der Waals surface area (Å²) in [6, 6.07) is 4.30. The summed E-state index contributed by atoms with van der Waals surface area (Å²) in [6.45, 7) is 5.80. The van der Waals surface area contributed by atoms with Crippen LogP contribution in [0.5, 0.6) is 5.75 Å². The van der Waals surface area contributed by atoms with Crippen molar-refractivity contribution in [3.63, 3.8) is 0 Å². The van der Waals surface area contributed by atoms with Crippen molar-refractivity contribution < 1.29 is 19.0 Å². The van der Waals surface area contributed by atoms with Gasteiger partial charge < -0.3 is 9.84 Å². The van der Waals surface area contributed by atoms with Gasteiger partial charge in [0.2, 0.25) is 0 Å². The number of methoxy groups -OCH3 is 1. The molecule has 4 heteroatoms. The van der Waals surface area contributed by atoms with Crippen LogP contribution >= 0.6 is 0 Å². The molecule has 106 valence electrons. The quantitative estimate of drug-likeness (QED) is 0.857. The molecule has 0 saturated heterocycles. The van der Waals surface area contributed by atoms with Gasteiger partial charge in [-0.2, -0.15) is 0 Å². The molecule has 0 spiro atoms. The zero-order valence-electron chi connectivity index (χ0n) is 11.9. The van der Waals surface area contributed by atoms with Crippen LogP contribution in [-0.2, 0) is 10.2 Å². The third kappa shape index (κ3) is 3.06. The fraction of sp³-hybridized carbons (Fsp3) is 0.533. The number of halogens is 1. The third-order valence-electron chi connectivity index (χ3n) is 3.47. The van der Waals surface area contributed by atoms with Gasteiger partial charge in [-0.25, -0.2) is 4.39 Å². The summed E-state index contributed by atoms with van der Waals surface area (Å²) < 4.78 is 18.4. The maximum absolute atomic E-state index is 13.5. The van der Waals surface area contributed by atoms with E-state index in [-0.39, 0.29) is 11.7 Å². The van der Waals surface area contributed by atoms with Crippen LogP contribution in [0, 0.1) is 11.7 Å². The van der Waals surface area contributed by atoms with Crippen molar-refractivity contribution in [1.82, 2.24) is 0 Å². The number of hydrogen-bond donors (Lipinski definition) is 1. The molecule has 1 rings (SSSR count). The topological polar surface area (TPSA) is 46.5 Å². The second-order valence-electron chi connectivity index (χ2n) is 5.19. The Morgan fingerprint density at radius 1 is 1.47 bits per heavy atom. The Labute approximate surface area is 113 Å². The molecule has 0 aliphatic rings. The van der Waals surface area contributed by atoms with Gasteiger partial charge in [0, 0.05) is 0 Å². The van der Waals surface area contributed by atoms with Gasteiger partial charge >= 0.3 is 5.97 Å². The minimum Gasteiger partial charge on any atom is -0.494 e. The summed E-state index contributed by atoms with van der Waals surface area (Å²) in [6.07, 6.45) is 0.961. The Hall–Kier alpha value is -1.58. The molecule has 0 heterocycles. The molecule has 0 aromatic heterocycles. The van der Waals surface area contributed by atoms with Gasteiger partial charge in [-0.05, 0) is 36.5 Å². The van der Waals surface area contributed by atoms with Gasteiger partial charge in [0.05, 0.1) is 12.5 Å². The standard InChI is InChI=1S/C15H21FO3/c1-5-15(14(17)18,9-10(2)3)11-6-7-12(16)13(8-11)19-4/h6-8,10H,5,9H2,1-4H3,(H,17,18). The maximum Gasteiger partial charge on any atom is 0.314 e. The second kappa shape index (κ2) is 6.04. The minimum atomic E-state index is -0.991. The van der Waals surface area contributed by atoms with Crippen LogP contribution in [0.4, 0.5) is 4.39 Å². The summed E-state index contributed by atoms with van der Waals surface area (Å²) in [5, 5.41) is 9.62. The van der Waals surface area contributed by atoms with Crippen molar-refractivity contribution in [3.05, 3.63) is 29.6 Å². The number of hydrogen-bond acceptors (Lipinski definition) is 2. The van der Waals surface area contributed by atoms with Gasteiger partial charge in [0.25, 0.3) is 0 Å². The van der Waals surface area contributed by atoms with E-state index in [4.69, 9.17) is 4.74 Å². The van der Waals surface area contributed by atoms with E-state index in [2.05, 4.69) is 0 Å². The molecule has 0 amide bonds. The van der Waals surface area contributed by atoms with Crippen LogP contribution in [0.1, 0.15) is 39.2 Å². The molecule has 1 unspecified atom stereocenters. The fourth-order valence-electron chi connectivity index (χ4n) is 2.48. The number of rotatable bonds is 6. The first-order valence-corrected chi connectivity index (χ1v) is 6.44. The van der Waals surface area contributed by atoms with E-state index < -0.39 is 17.2 Å². The summed E-state index contributed by atoms with van der Waals surface area (Å²) in [7, 11) is 1.37. The third-order valence-corrected chi connectivity index (χ3v) is 3.47. The monoisotopic (exact) mass is 268 g/mol. The first-order chi connectivity index (χ1) is 8.87. The van der Waals surface area contributed by atoms with E-state index in [0.717, 1.165) is 0 Å². The summed E-state index contributed by atoms with van der Waals surface area (Å²) in [5.74, 6) is -1.05. The molecular formula is C15H21FO3. The Morgan fingerprint density at radius 2 is 2.11 bits per heavy atom. The molecule has 1 N–H and O–H groups in total. The predicted molar refractivity (Wildman–Crippen MR) is 72.0 cm³/mol. The van der Waals surface area contributed by atoms with Crippen molar-refractivity contribution in [3.8, 4) is 5.75 Å². The molecule has 0 aliphatic heterocycles. The van der Waals surface area contributed by atoms with Crippen molar-refractivity contribution >= 4 is 5.97 Å². The van der Waals surface area contributed by atoms with E-state index >= 15 is 0 Å². The summed E-state index contributed by atoms with van der Waals surface area (Å²) >= 11 is 0. The average Bonchev–Trinajstić information content (AvgIpc) is 2.36. The number of benzene rings is 1. The first kappa shape index (κ1) is 15.5. The molecule has 0 radical (unpaired) electrons. The number of ether oxygens (including phenoxy) is 1. The van der Waals surface area contributed by atoms with E-state index in [9.17, 15) is 14.3 Å². The van der Waals surface area contributed by atoms with Gasteiger partial charge in [0.1, 0.15) is 0 Å². The lowest BCUT2D eigenvalue weighted by molar-refractivity contribution is -0.144. The molecule has 0 saturated carbocycles. The lowest BCUT2D eigenvalue weighted by Gasteiger charge is -2.30. The summed E-state index contributed by atoms with van der Waals surface area (Å²) in [4.78, 5) is 11.7. The van der Waals surface area contributed by atoms with E-state index in [1.807, 2.05) is 20.8 Å². The SMILES string of the molecule is CCC(CC(C)C)(C(=O)O)c1ccc(F)c(OC)c1. The Bertz CT molecular complexity index is 457. The van der Waals surface area contributed by atoms with Gasteiger partial charge in [-0.15, -0.1) is 0 Å². The second-order valence-corrected chi connectivity index (χ2v) is 5.19. The molecule has 19 heavy (non-hydrogen) atoms. The molecule has 1 atom stereocenters. The molecule has 0 bridgehead atoms. The van der Waals surface area contributed by atoms with Crippen molar-refractivity contribution in [2.45, 2.75) is 39.0 Å². The molecule has 1 aromatic rings. The smallest absolute Gasteiger partial charge is 0.314 e. The maximum atomic E-state index is 13.5. The molecular weight excluding hydrogens is 247 g/mol. The van der Waals surface area contributed by atoms with E-state index in [0.29, 0.717) is 18.4 Å². The molecule has 3 nitrogen and oxygen atoms in total. The zero-order valence-corrected chi connectivity index (χ0v) is 11.9. The Morgan fingerprint density at radius 3 is 2.53 bits per heavy atom. The van der Waals surface area contributed by atoms with E-state index in [1.54, 1.807) is 0 Å². The lowest BCUT2D eigenvalue weighted by Crippen LogP contribution is -2.36. The van der Waals surface area contributed by atoms with Crippen molar-refractivity contribution in [2.75, 3.05) is 7.11 Å². The van der Waals surface area contributed by atoms with Crippen molar-refractivity contribution in [2.24, 2.45) is 5.92 Å². The van der Waals surface area contributed by atoms with Crippen LogP contribution in [0.2, 0.25) is 0 Å². The Balaban J connectivity index is 3.35. The lowest BCUT2D eigenvalue weighted by atomic mass is 9.72. The number of aliphatic carboxylic acids is 1. The predicted octanol–water partition coefficient (Wildman–Crippen LogP) is 3.61. The number of carboxylic acids is 1. The normalized spacial score (nSPS) is 14.2. The van der Waals surface area contributed by atoms with E-state index in [1.165, 1.54) is 25.3 Å². The highest BCUT2D eigenvalue weighted by Crippen LogP contribution is 2.37. The first-order valence-electron chi connectivity index (χ1n) is 6.44. The molecule has 0 aliphatic carbocycles.